The van der Waals surface area contributed by atoms with Crippen molar-refractivity contribution in [3.05, 3.63) is 61.7 Å². The summed E-state index contributed by atoms with van der Waals surface area (Å²) in [5.41, 5.74) is 9.11. The second-order valence-electron chi connectivity index (χ2n) is 12.7. The highest BCUT2D eigenvalue weighted by atomic mass is 32.2. The Balaban J connectivity index is 1.33. The van der Waals surface area contributed by atoms with E-state index < -0.39 is 17.7 Å². The second-order valence-corrected chi connectivity index (χ2v) is 14.0. The molecule has 0 radical (unpaired) electrons. The molecule has 5 N–H and O–H groups in total. The Hall–Kier alpha value is -3.77. The molecule has 6 heterocycles. The fourth-order valence-electron chi connectivity index (χ4n) is 7.32. The summed E-state index contributed by atoms with van der Waals surface area (Å²) >= 11 is 1.34. The number of carboxylic acids is 2. The van der Waals surface area contributed by atoms with Crippen LogP contribution in [0.4, 0.5) is 0 Å². The maximum Gasteiger partial charge on any atom is 0.303 e. The molecule has 0 bridgehead atoms. The number of rotatable bonds is 13. The third-order valence-corrected chi connectivity index (χ3v) is 11.1. The van der Waals surface area contributed by atoms with Crippen LogP contribution in [0.3, 0.4) is 0 Å². The van der Waals surface area contributed by atoms with Gasteiger partial charge in [0.2, 0.25) is 11.6 Å². The number of hydrogen-bond donors (Lipinski definition) is 5. The fraction of sp³-hybridized carbons (Fsp3) is 0.515. The second kappa shape index (κ2) is 11.5. The van der Waals surface area contributed by atoms with Crippen molar-refractivity contribution in [3.63, 3.8) is 0 Å². The molecule has 2 saturated heterocycles. The van der Waals surface area contributed by atoms with E-state index in [4.69, 9.17) is 4.84 Å². The van der Waals surface area contributed by atoms with E-state index in [1.807, 2.05) is 40.7 Å². The smallest absolute Gasteiger partial charge is 0.303 e. The normalized spacial score (nSPS) is 28.0. The van der Waals surface area contributed by atoms with Crippen molar-refractivity contribution in [2.24, 2.45) is 0 Å². The highest BCUT2D eigenvalue weighted by Gasteiger charge is 2.66. The summed E-state index contributed by atoms with van der Waals surface area (Å²) in [7, 11) is 0. The molecule has 6 rings (SSSR count). The lowest BCUT2D eigenvalue weighted by Gasteiger charge is -2.17. The number of nitrogens with zero attached hydrogens (tertiary/aromatic N) is 1. The lowest BCUT2D eigenvalue weighted by Crippen LogP contribution is -2.32. The number of allylic oxidation sites excluding steroid dienone is 1. The van der Waals surface area contributed by atoms with E-state index in [0.717, 1.165) is 61.8 Å². The van der Waals surface area contributed by atoms with Crippen molar-refractivity contribution < 1.29 is 34.2 Å². The third kappa shape index (κ3) is 5.52. The molecule has 240 valence electrons. The van der Waals surface area contributed by atoms with Crippen LogP contribution in [0.5, 0.6) is 0 Å². The molecule has 5 aliphatic rings. The molecule has 2 amide bonds. The lowest BCUT2D eigenvalue weighted by molar-refractivity contribution is -0.138. The van der Waals surface area contributed by atoms with Crippen LogP contribution in [-0.4, -0.2) is 72.8 Å². The number of carbonyl (C=O) groups is 4. The number of hydroxylamine groups is 2. The summed E-state index contributed by atoms with van der Waals surface area (Å²) in [6, 6.07) is -0.298. The zero-order chi connectivity index (χ0) is 32.4. The van der Waals surface area contributed by atoms with Crippen LogP contribution in [0.25, 0.3) is 6.08 Å². The van der Waals surface area contributed by atoms with Gasteiger partial charge < -0.3 is 25.8 Å². The first-order chi connectivity index (χ1) is 21.4. The number of aromatic amines is 1. The highest BCUT2D eigenvalue weighted by Crippen LogP contribution is 2.54. The van der Waals surface area contributed by atoms with Gasteiger partial charge in [-0.3, -0.25) is 19.2 Å². The predicted octanol–water partition coefficient (Wildman–Crippen LogP) is 2.99. The molecule has 1 aromatic rings. The Bertz CT molecular complexity index is 1650. The molecule has 0 saturated carbocycles. The Morgan fingerprint density at radius 1 is 1.04 bits per heavy atom. The molecule has 2 fully saturated rings. The molecule has 5 aliphatic heterocycles. The summed E-state index contributed by atoms with van der Waals surface area (Å²) in [6.45, 7) is 9.76. The molecule has 4 atom stereocenters. The van der Waals surface area contributed by atoms with Gasteiger partial charge in [-0.15, -0.1) is 0 Å². The van der Waals surface area contributed by atoms with Crippen LogP contribution in [0, 0.1) is 6.92 Å². The van der Waals surface area contributed by atoms with E-state index in [-0.39, 0.29) is 36.7 Å². The molecular formula is C33H41N4O7S+. The number of nitrogens with one attached hydrogen (secondary N) is 3. The Labute approximate surface area is 266 Å². The number of H-pyrrole nitrogens is 1. The third-order valence-electron chi connectivity index (χ3n) is 10.1. The van der Waals surface area contributed by atoms with Gasteiger partial charge in [-0.25, -0.2) is 4.84 Å². The first kappa shape index (κ1) is 31.2. The molecule has 1 aromatic heterocycles. The van der Waals surface area contributed by atoms with E-state index in [2.05, 4.69) is 15.6 Å². The number of aliphatic carboxylic acids is 2. The van der Waals surface area contributed by atoms with E-state index in [1.54, 1.807) is 0 Å². The maximum absolute atomic E-state index is 12.8. The monoisotopic (exact) mass is 637 g/mol. The zero-order valence-electron chi connectivity index (χ0n) is 26.3. The fourth-order valence-corrected chi connectivity index (χ4v) is 8.19. The van der Waals surface area contributed by atoms with Gasteiger partial charge in [0, 0.05) is 59.5 Å². The standard InChI is InChI=1S/C33H40N4O7S/c1-6-19-18(5)33(37(44-33)32(19)43)13-26-16(3)21(8-10-29(40)41)24(35-26)12-23-20(7-9-28(38)39)15(2)22(34-23)11-25-30(27-14-45-27)17(4)31(42)36-25/h12,25-27,34-35H,6-11,13-14H2,1-5H3,(H,36,42)(H,38,39)(H,40,41)/p+1/b24-12-/t25-,26?,27-,33-,37?/m0/s1. The van der Waals surface area contributed by atoms with Gasteiger partial charge in [0.25, 0.3) is 5.91 Å². The molecule has 0 aromatic carbocycles. The first-order valence-electron chi connectivity index (χ1n) is 15.6. The minimum Gasteiger partial charge on any atom is -0.481 e. The maximum atomic E-state index is 12.8. The minimum atomic E-state index is -0.894. The lowest BCUT2D eigenvalue weighted by atomic mass is 9.92. The Morgan fingerprint density at radius 3 is 2.36 bits per heavy atom. The molecule has 11 nitrogen and oxygen atoms in total. The molecule has 0 aliphatic carbocycles. The van der Waals surface area contributed by atoms with E-state index >= 15 is 0 Å². The number of hydrogen-bond acceptors (Lipinski definition) is 6. The summed E-state index contributed by atoms with van der Waals surface area (Å²) in [6.07, 6.45) is 4.23. The Kier molecular flexibility index (Phi) is 8.01. The van der Waals surface area contributed by atoms with Crippen molar-refractivity contribution in [2.75, 3.05) is 5.75 Å². The van der Waals surface area contributed by atoms with E-state index in [9.17, 15) is 29.4 Å². The average Bonchev–Trinajstić information content (AvgIpc) is 3.86. The quantitative estimate of drug-likeness (QED) is 0.125. The van der Waals surface area contributed by atoms with Crippen LogP contribution >= 0.6 is 0 Å². The number of aromatic nitrogens is 1. The van der Waals surface area contributed by atoms with Crippen LogP contribution < -0.4 is 10.6 Å². The molecule has 0 spiro atoms. The van der Waals surface area contributed by atoms with Crippen LogP contribution in [0.2, 0.25) is 0 Å². The van der Waals surface area contributed by atoms with E-state index in [1.165, 1.54) is 22.4 Å². The van der Waals surface area contributed by atoms with Gasteiger partial charge in [-0.05, 0) is 92.6 Å². The largest absolute Gasteiger partial charge is 0.481 e. The number of thiol groups is 1. The predicted molar refractivity (Wildman–Crippen MR) is 170 cm³/mol. The van der Waals surface area contributed by atoms with Crippen LogP contribution in [0.1, 0.15) is 82.3 Å². The molecule has 1 unspecified atom stereocenters. The van der Waals surface area contributed by atoms with Crippen molar-refractivity contribution in [1.29, 1.82) is 0 Å². The van der Waals surface area contributed by atoms with Gasteiger partial charge in [-0.1, -0.05) is 6.92 Å². The minimum absolute atomic E-state index is 0.0302. The highest BCUT2D eigenvalue weighted by molar-refractivity contribution is 7.87. The topological polar surface area (TPSA) is 164 Å². The first-order valence-corrected chi connectivity index (χ1v) is 16.7. The average molecular weight is 638 g/mol. The number of amides is 2. The van der Waals surface area contributed by atoms with E-state index in [0.29, 0.717) is 37.4 Å². The number of carboxylic acid groups (broad SMARTS) is 2. The van der Waals surface area contributed by atoms with Crippen LogP contribution in [0.15, 0.2) is 39.1 Å². The SMILES string of the molecule is CCC1=C(C)[C@]2(CC3N/C(=C\c4[nH]c(C[C@@H]5NC(=O)C(C)=C5[C@@H]5C[SH+]5)c(C)c4CCC(=O)O)C(CCC(=O)O)=C3C)ON2C1=O. The zero-order valence-corrected chi connectivity index (χ0v) is 27.2. The van der Waals surface area contributed by atoms with Gasteiger partial charge in [0.15, 0.2) is 11.0 Å². The van der Waals surface area contributed by atoms with Crippen molar-refractivity contribution in [3.8, 4) is 0 Å². The summed E-state index contributed by atoms with van der Waals surface area (Å²) in [5, 5.41) is 27.6. The van der Waals surface area contributed by atoms with Crippen LogP contribution in [-0.2, 0) is 48.6 Å². The number of carbonyl (C=O) groups excluding carboxylic acids is 2. The van der Waals surface area contributed by atoms with Gasteiger partial charge >= 0.3 is 11.9 Å². The van der Waals surface area contributed by atoms with Gasteiger partial charge in [0.05, 0.1) is 12.1 Å². The number of fused-ring (bicyclic) bond motifs is 1. The van der Waals surface area contributed by atoms with Gasteiger partial charge in [-0.2, -0.15) is 5.06 Å². The van der Waals surface area contributed by atoms with Crippen molar-refractivity contribution in [2.45, 2.75) is 103 Å². The molecule has 12 heteroatoms. The van der Waals surface area contributed by atoms with Crippen molar-refractivity contribution >= 4 is 41.6 Å². The summed E-state index contributed by atoms with van der Waals surface area (Å²) in [5.74, 6) is -0.847. The molecular weight excluding hydrogens is 596 g/mol. The van der Waals surface area contributed by atoms with Crippen molar-refractivity contribution in [1.82, 2.24) is 20.7 Å². The molecule has 45 heavy (non-hydrogen) atoms. The van der Waals surface area contributed by atoms with Gasteiger partial charge in [0.1, 0.15) is 0 Å². The Morgan fingerprint density at radius 2 is 1.73 bits per heavy atom. The summed E-state index contributed by atoms with van der Waals surface area (Å²) < 4.78 is 0. The summed E-state index contributed by atoms with van der Waals surface area (Å²) in [4.78, 5) is 57.9.